The van der Waals surface area contributed by atoms with Crippen LogP contribution in [-0.2, 0) is 11.8 Å². The molecule has 1 aliphatic heterocycles. The molecule has 2 saturated carbocycles. The second-order valence-corrected chi connectivity index (χ2v) is 7.66. The summed E-state index contributed by atoms with van der Waals surface area (Å²) in [6.45, 7) is 1.67. The third-order valence-corrected chi connectivity index (χ3v) is 6.04. The molecule has 1 saturated heterocycles. The highest BCUT2D eigenvalue weighted by atomic mass is 16.5. The minimum atomic E-state index is -0.0908. The summed E-state index contributed by atoms with van der Waals surface area (Å²) in [7, 11) is 0. The lowest BCUT2D eigenvalue weighted by molar-refractivity contribution is 0.265. The molecule has 3 aliphatic rings. The molecular formula is C18H20N6O. The molecule has 128 valence electrons. The highest BCUT2D eigenvalue weighted by Crippen LogP contribution is 2.51. The lowest BCUT2D eigenvalue weighted by atomic mass is 9.80. The quantitative estimate of drug-likeness (QED) is 0.845. The number of nitriles is 1. The minimum Gasteiger partial charge on any atom is -0.354 e. The second-order valence-electron chi connectivity index (χ2n) is 7.66. The molecule has 0 N–H and O–H groups in total. The van der Waals surface area contributed by atoms with Gasteiger partial charge < -0.3 is 9.42 Å². The van der Waals surface area contributed by atoms with E-state index in [0.717, 1.165) is 55.8 Å². The normalized spacial score (nSPS) is 28.1. The Kier molecular flexibility index (Phi) is 3.27. The Bertz CT molecular complexity index is 838. The van der Waals surface area contributed by atoms with Crippen LogP contribution in [0.15, 0.2) is 17.0 Å². The highest BCUT2D eigenvalue weighted by molar-refractivity contribution is 5.54. The monoisotopic (exact) mass is 336 g/mol. The molecule has 0 aromatic carbocycles. The summed E-state index contributed by atoms with van der Waals surface area (Å²) in [4.78, 5) is 15.3. The van der Waals surface area contributed by atoms with E-state index in [0.29, 0.717) is 11.5 Å². The lowest BCUT2D eigenvalue weighted by Crippen LogP contribution is -2.32. The number of anilines is 1. The Morgan fingerprint density at radius 2 is 2.28 bits per heavy atom. The first kappa shape index (κ1) is 14.8. The van der Waals surface area contributed by atoms with Crippen LogP contribution < -0.4 is 4.90 Å². The van der Waals surface area contributed by atoms with Gasteiger partial charge in [0.25, 0.3) is 0 Å². The van der Waals surface area contributed by atoms with Gasteiger partial charge in [0.1, 0.15) is 23.8 Å². The predicted octanol–water partition coefficient (Wildman–Crippen LogP) is 2.24. The van der Waals surface area contributed by atoms with Gasteiger partial charge in [-0.2, -0.15) is 10.2 Å². The minimum absolute atomic E-state index is 0.0908. The van der Waals surface area contributed by atoms with Gasteiger partial charge in [0.2, 0.25) is 5.89 Å². The van der Waals surface area contributed by atoms with Gasteiger partial charge >= 0.3 is 0 Å². The Morgan fingerprint density at radius 1 is 1.36 bits per heavy atom. The van der Waals surface area contributed by atoms with E-state index < -0.39 is 0 Å². The van der Waals surface area contributed by atoms with Gasteiger partial charge in [0, 0.05) is 19.5 Å². The van der Waals surface area contributed by atoms with Crippen molar-refractivity contribution in [2.45, 2.75) is 43.9 Å². The number of hydrogen-bond acceptors (Lipinski definition) is 7. The molecule has 7 heteroatoms. The van der Waals surface area contributed by atoms with Crippen molar-refractivity contribution in [3.63, 3.8) is 0 Å². The van der Waals surface area contributed by atoms with Gasteiger partial charge in [-0.1, -0.05) is 11.6 Å². The molecule has 0 bridgehead atoms. The van der Waals surface area contributed by atoms with Crippen LogP contribution in [0.1, 0.15) is 49.4 Å². The maximum Gasteiger partial charge on any atom is 0.235 e. The maximum atomic E-state index is 9.36. The van der Waals surface area contributed by atoms with Crippen molar-refractivity contribution >= 4 is 5.82 Å². The fourth-order valence-corrected chi connectivity index (χ4v) is 4.57. The summed E-state index contributed by atoms with van der Waals surface area (Å²) in [5.41, 5.74) is 0.435. The van der Waals surface area contributed by atoms with Crippen molar-refractivity contribution in [3.8, 4) is 6.07 Å². The molecule has 3 fully saturated rings. The largest absolute Gasteiger partial charge is 0.354 e. The Balaban J connectivity index is 1.46. The van der Waals surface area contributed by atoms with Crippen molar-refractivity contribution < 1.29 is 4.52 Å². The van der Waals surface area contributed by atoms with Crippen molar-refractivity contribution in [2.75, 3.05) is 18.0 Å². The highest BCUT2D eigenvalue weighted by Gasteiger charge is 2.54. The van der Waals surface area contributed by atoms with Gasteiger partial charge in [0.15, 0.2) is 5.82 Å². The molecule has 2 atom stereocenters. The molecule has 0 unspecified atom stereocenters. The summed E-state index contributed by atoms with van der Waals surface area (Å²) < 4.78 is 5.74. The molecule has 2 aliphatic carbocycles. The molecule has 3 heterocycles. The van der Waals surface area contributed by atoms with Crippen LogP contribution in [0.2, 0.25) is 0 Å². The number of hydrogen-bond donors (Lipinski definition) is 0. The first-order valence-corrected chi connectivity index (χ1v) is 9.06. The summed E-state index contributed by atoms with van der Waals surface area (Å²) >= 11 is 0. The van der Waals surface area contributed by atoms with Gasteiger partial charge in [0.05, 0.1) is 11.6 Å². The van der Waals surface area contributed by atoms with Gasteiger partial charge in [-0.15, -0.1) is 0 Å². The average molecular weight is 336 g/mol. The fraction of sp³-hybridized carbons (Fsp3) is 0.611. The summed E-state index contributed by atoms with van der Waals surface area (Å²) in [5.74, 6) is 3.60. The molecule has 0 amide bonds. The molecule has 0 spiro atoms. The zero-order chi connectivity index (χ0) is 16.9. The van der Waals surface area contributed by atoms with E-state index in [1.807, 2.05) is 0 Å². The second kappa shape index (κ2) is 5.51. The van der Waals surface area contributed by atoms with E-state index in [4.69, 9.17) is 9.51 Å². The zero-order valence-electron chi connectivity index (χ0n) is 14.1. The van der Waals surface area contributed by atoms with E-state index in [1.165, 1.54) is 25.6 Å². The van der Waals surface area contributed by atoms with Crippen LogP contribution in [0.3, 0.4) is 0 Å². The third kappa shape index (κ3) is 2.39. The van der Waals surface area contributed by atoms with Gasteiger partial charge in [-0.25, -0.2) is 9.97 Å². The van der Waals surface area contributed by atoms with Gasteiger partial charge in [-0.3, -0.25) is 0 Å². The van der Waals surface area contributed by atoms with Crippen molar-refractivity contribution in [3.05, 3.63) is 29.8 Å². The maximum absolute atomic E-state index is 9.36. The van der Waals surface area contributed by atoms with E-state index in [9.17, 15) is 5.26 Å². The molecule has 25 heavy (non-hydrogen) atoms. The van der Waals surface area contributed by atoms with E-state index in [-0.39, 0.29) is 5.41 Å². The zero-order valence-corrected chi connectivity index (χ0v) is 14.1. The first-order valence-electron chi connectivity index (χ1n) is 9.06. The van der Waals surface area contributed by atoms with Crippen molar-refractivity contribution in [2.24, 2.45) is 11.8 Å². The number of fused-ring (bicyclic) bond motifs is 1. The Labute approximate surface area is 146 Å². The Morgan fingerprint density at radius 3 is 3.12 bits per heavy atom. The first-order chi connectivity index (χ1) is 12.3. The van der Waals surface area contributed by atoms with Crippen LogP contribution in [-0.4, -0.2) is 33.2 Å². The third-order valence-electron chi connectivity index (χ3n) is 6.04. The Hall–Kier alpha value is -2.49. The summed E-state index contributed by atoms with van der Waals surface area (Å²) in [6.07, 6.45) is 10.0. The van der Waals surface area contributed by atoms with Crippen molar-refractivity contribution in [1.29, 1.82) is 5.26 Å². The number of aromatic nitrogens is 4. The number of nitrogens with zero attached hydrogens (tertiary/aromatic N) is 6. The van der Waals surface area contributed by atoms with Crippen molar-refractivity contribution in [1.82, 2.24) is 20.1 Å². The van der Waals surface area contributed by atoms with Gasteiger partial charge in [-0.05, 0) is 37.5 Å². The summed E-state index contributed by atoms with van der Waals surface area (Å²) in [6, 6.07) is 2.21. The molecule has 2 aromatic heterocycles. The molecule has 5 rings (SSSR count). The lowest BCUT2D eigenvalue weighted by Gasteiger charge is -2.24. The van der Waals surface area contributed by atoms with E-state index in [1.54, 1.807) is 6.20 Å². The van der Waals surface area contributed by atoms with E-state index in [2.05, 4.69) is 26.1 Å². The molecule has 7 nitrogen and oxygen atoms in total. The van der Waals surface area contributed by atoms with Crippen LogP contribution in [0.4, 0.5) is 5.82 Å². The molecular weight excluding hydrogens is 316 g/mol. The van der Waals surface area contributed by atoms with Crippen LogP contribution in [0.5, 0.6) is 0 Å². The fourth-order valence-electron chi connectivity index (χ4n) is 4.57. The van der Waals surface area contributed by atoms with Crippen LogP contribution in [0.25, 0.3) is 0 Å². The topological polar surface area (TPSA) is 91.7 Å². The standard InChI is InChI=1S/C18H20N6O/c19-7-13-8-20-11-21-16(13)24-9-14-2-1-5-18(14,10-24)17-22-15(23-25-17)6-12-3-4-12/h8,11-12,14H,1-6,9-10H2/t14-,18-/m1/s1. The average Bonchev–Trinajstić information content (AvgIpc) is 3.03. The summed E-state index contributed by atoms with van der Waals surface area (Å²) in [5, 5.41) is 13.6. The smallest absolute Gasteiger partial charge is 0.235 e. The predicted molar refractivity (Wildman–Crippen MR) is 88.7 cm³/mol. The molecule has 2 aromatic rings. The SMILES string of the molecule is N#Cc1cncnc1N1C[C@H]2CCC[C@@]2(c2nc(CC3CC3)no2)C1. The van der Waals surface area contributed by atoms with Crippen LogP contribution in [0, 0.1) is 23.2 Å². The van der Waals surface area contributed by atoms with Crippen LogP contribution >= 0.6 is 0 Å². The molecule has 0 radical (unpaired) electrons. The van der Waals surface area contributed by atoms with E-state index >= 15 is 0 Å². The number of rotatable bonds is 4.